The zero-order valence-corrected chi connectivity index (χ0v) is 19.8. The Morgan fingerprint density at radius 1 is 0.970 bits per heavy atom. The average molecular weight is 481 g/mol. The first kappa shape index (κ1) is 22.1. The van der Waals surface area contributed by atoms with E-state index in [0.717, 1.165) is 43.3 Å². The van der Waals surface area contributed by atoms with Gasteiger partial charge in [0.2, 0.25) is 0 Å². The number of rotatable bonds is 5. The molecule has 0 N–H and O–H groups in total. The van der Waals surface area contributed by atoms with Crippen molar-refractivity contribution in [1.29, 1.82) is 0 Å². The van der Waals surface area contributed by atoms with E-state index in [4.69, 9.17) is 16.3 Å². The molecule has 2 aliphatic rings. The number of para-hydroxylation sites is 2. The second-order valence-corrected chi connectivity index (χ2v) is 9.58. The number of aromatic nitrogens is 1. The Kier molecular flexibility index (Phi) is 6.71. The summed E-state index contributed by atoms with van der Waals surface area (Å²) in [6.07, 6.45) is 2.44. The third-order valence-corrected chi connectivity index (χ3v) is 7.16. The Balaban J connectivity index is 1.15. The molecule has 3 heterocycles. The Labute approximate surface area is 203 Å². The summed E-state index contributed by atoms with van der Waals surface area (Å²) in [6.45, 7) is 4.89. The van der Waals surface area contributed by atoms with Crippen LogP contribution in [0.4, 0.5) is 16.3 Å². The predicted octanol–water partition coefficient (Wildman–Crippen LogP) is 5.54. The van der Waals surface area contributed by atoms with Crippen LogP contribution in [0.1, 0.15) is 6.42 Å². The number of amides is 1. The number of pyridine rings is 1. The van der Waals surface area contributed by atoms with Crippen molar-refractivity contribution in [3.63, 3.8) is 0 Å². The molecular weight excluding hydrogens is 456 g/mol. The van der Waals surface area contributed by atoms with Crippen molar-refractivity contribution in [2.45, 2.75) is 16.2 Å². The number of ether oxygens (including phenoxy) is 1. The van der Waals surface area contributed by atoms with Gasteiger partial charge in [0.05, 0.1) is 15.6 Å². The summed E-state index contributed by atoms with van der Waals surface area (Å²) in [7, 11) is 0. The monoisotopic (exact) mass is 480 g/mol. The van der Waals surface area contributed by atoms with Gasteiger partial charge in [-0.3, -0.25) is 4.90 Å². The van der Waals surface area contributed by atoms with Crippen LogP contribution in [0.3, 0.4) is 0 Å². The number of fused-ring (bicyclic) bond motifs is 2. The smallest absolute Gasteiger partial charge is 0.410 e. The van der Waals surface area contributed by atoms with Gasteiger partial charge in [-0.2, -0.15) is 0 Å². The van der Waals surface area contributed by atoms with Crippen molar-refractivity contribution in [2.24, 2.45) is 0 Å². The van der Waals surface area contributed by atoms with Crippen molar-refractivity contribution >= 4 is 41.0 Å². The number of nitrogens with zero attached hydrogens (tertiary/aromatic N) is 4. The highest BCUT2D eigenvalue weighted by Crippen LogP contribution is 2.47. The van der Waals surface area contributed by atoms with E-state index in [0.29, 0.717) is 23.9 Å². The topological polar surface area (TPSA) is 48.9 Å². The fraction of sp³-hybridized carbons (Fsp3) is 0.280. The normalized spacial score (nSPS) is 15.7. The van der Waals surface area contributed by atoms with Crippen molar-refractivity contribution in [2.75, 3.05) is 44.2 Å². The molecule has 8 heteroatoms. The molecule has 3 aromatic rings. The van der Waals surface area contributed by atoms with Crippen molar-refractivity contribution in [3.05, 3.63) is 71.9 Å². The minimum absolute atomic E-state index is 0.274. The first-order valence-corrected chi connectivity index (χ1v) is 12.3. The number of carbonyl (C=O) groups excluding carboxylic acids is 1. The predicted molar refractivity (Wildman–Crippen MR) is 132 cm³/mol. The van der Waals surface area contributed by atoms with Gasteiger partial charge in [-0.15, -0.1) is 0 Å². The molecule has 1 saturated heterocycles. The van der Waals surface area contributed by atoms with E-state index in [1.165, 1.54) is 10.6 Å². The van der Waals surface area contributed by atoms with Gasteiger partial charge < -0.3 is 14.5 Å². The van der Waals surface area contributed by atoms with E-state index in [9.17, 15) is 4.79 Å². The van der Waals surface area contributed by atoms with Gasteiger partial charge in [0.25, 0.3) is 0 Å². The van der Waals surface area contributed by atoms with Crippen LogP contribution in [0, 0.1) is 0 Å². The number of anilines is 2. The highest BCUT2D eigenvalue weighted by Gasteiger charge is 2.26. The third kappa shape index (κ3) is 5.11. The first-order valence-electron chi connectivity index (χ1n) is 11.1. The summed E-state index contributed by atoms with van der Waals surface area (Å²) in [4.78, 5) is 25.8. The summed E-state index contributed by atoms with van der Waals surface area (Å²) in [5.41, 5.74) is 1.19. The van der Waals surface area contributed by atoms with Gasteiger partial charge in [-0.1, -0.05) is 53.7 Å². The SMILES string of the molecule is O=C(Oc1ccccc1)N1CCN(CCCN2c3ccccc3Sc3cc(Cl)cnc32)CC1. The summed E-state index contributed by atoms with van der Waals surface area (Å²) in [5.74, 6) is 1.55. The van der Waals surface area contributed by atoms with Gasteiger partial charge in [0.1, 0.15) is 11.6 Å². The molecule has 0 aliphatic carbocycles. The minimum atomic E-state index is -0.274. The van der Waals surface area contributed by atoms with E-state index < -0.39 is 0 Å². The standard InChI is InChI=1S/C25H25ClN4O2S/c26-19-17-23-24(27-18-19)30(21-9-4-5-10-22(21)33-23)12-6-11-28-13-15-29(16-14-28)25(31)32-20-7-2-1-3-8-20/h1-5,7-10,17-18H,6,11-16H2. The Bertz CT molecular complexity index is 1120. The van der Waals surface area contributed by atoms with Crippen molar-refractivity contribution in [3.8, 4) is 5.75 Å². The number of piperazine rings is 1. The molecule has 2 aliphatic heterocycles. The van der Waals surface area contributed by atoms with E-state index in [-0.39, 0.29) is 6.09 Å². The lowest BCUT2D eigenvalue weighted by Gasteiger charge is -2.35. The van der Waals surface area contributed by atoms with Crippen LogP contribution in [0.15, 0.2) is 76.7 Å². The molecule has 6 nitrogen and oxygen atoms in total. The maximum Gasteiger partial charge on any atom is 0.415 e. The molecule has 1 fully saturated rings. The lowest BCUT2D eigenvalue weighted by molar-refractivity contribution is 0.110. The van der Waals surface area contributed by atoms with Crippen LogP contribution in [-0.2, 0) is 0 Å². The lowest BCUT2D eigenvalue weighted by atomic mass is 10.2. The number of hydrogen-bond acceptors (Lipinski definition) is 6. The highest BCUT2D eigenvalue weighted by molar-refractivity contribution is 7.99. The number of benzene rings is 2. The van der Waals surface area contributed by atoms with Gasteiger partial charge in [0, 0.05) is 43.8 Å². The molecule has 0 spiro atoms. The zero-order valence-electron chi connectivity index (χ0n) is 18.2. The van der Waals surface area contributed by atoms with Gasteiger partial charge in [-0.05, 0) is 43.3 Å². The van der Waals surface area contributed by atoms with Gasteiger partial charge in [0.15, 0.2) is 0 Å². The Morgan fingerprint density at radius 3 is 2.55 bits per heavy atom. The molecule has 1 amide bonds. The van der Waals surface area contributed by atoms with Gasteiger partial charge >= 0.3 is 6.09 Å². The second-order valence-electron chi connectivity index (χ2n) is 8.06. The second kappa shape index (κ2) is 10.0. The fourth-order valence-electron chi connectivity index (χ4n) is 4.18. The lowest BCUT2D eigenvalue weighted by Crippen LogP contribution is -2.49. The Hall–Kier alpha value is -2.74. The van der Waals surface area contributed by atoms with Gasteiger partial charge in [-0.25, -0.2) is 9.78 Å². The number of carbonyl (C=O) groups is 1. The average Bonchev–Trinajstić information content (AvgIpc) is 2.84. The molecule has 5 rings (SSSR count). The van der Waals surface area contributed by atoms with Crippen LogP contribution in [0.25, 0.3) is 0 Å². The molecule has 170 valence electrons. The van der Waals surface area contributed by atoms with E-state index >= 15 is 0 Å². The van der Waals surface area contributed by atoms with Crippen LogP contribution >= 0.6 is 23.4 Å². The quantitative estimate of drug-likeness (QED) is 0.477. The van der Waals surface area contributed by atoms with Crippen molar-refractivity contribution in [1.82, 2.24) is 14.8 Å². The minimum Gasteiger partial charge on any atom is -0.410 e. The summed E-state index contributed by atoms with van der Waals surface area (Å²) in [5, 5.41) is 0.657. The summed E-state index contributed by atoms with van der Waals surface area (Å²) in [6, 6.07) is 19.6. The highest BCUT2D eigenvalue weighted by atomic mass is 35.5. The van der Waals surface area contributed by atoms with Crippen LogP contribution < -0.4 is 9.64 Å². The molecular formula is C25H25ClN4O2S. The molecule has 0 bridgehead atoms. The molecule has 0 saturated carbocycles. The molecule has 0 unspecified atom stereocenters. The Morgan fingerprint density at radius 2 is 1.73 bits per heavy atom. The maximum atomic E-state index is 12.4. The maximum absolute atomic E-state index is 12.4. The molecule has 33 heavy (non-hydrogen) atoms. The largest absolute Gasteiger partial charge is 0.415 e. The molecule has 0 atom stereocenters. The fourth-order valence-corrected chi connectivity index (χ4v) is 5.51. The van der Waals surface area contributed by atoms with Crippen LogP contribution in [-0.4, -0.2) is 60.1 Å². The summed E-state index contributed by atoms with van der Waals surface area (Å²) >= 11 is 7.92. The molecule has 2 aromatic carbocycles. The molecule has 1 aromatic heterocycles. The van der Waals surface area contributed by atoms with Crippen LogP contribution in [0.5, 0.6) is 5.75 Å². The zero-order chi connectivity index (χ0) is 22.6. The van der Waals surface area contributed by atoms with Crippen molar-refractivity contribution < 1.29 is 9.53 Å². The number of halogens is 1. The first-order chi connectivity index (χ1) is 16.2. The van der Waals surface area contributed by atoms with Crippen LogP contribution in [0.2, 0.25) is 5.02 Å². The summed E-state index contributed by atoms with van der Waals surface area (Å²) < 4.78 is 5.47. The van der Waals surface area contributed by atoms with E-state index in [1.54, 1.807) is 35.0 Å². The van der Waals surface area contributed by atoms with E-state index in [1.807, 2.05) is 24.3 Å². The number of hydrogen-bond donors (Lipinski definition) is 0. The van der Waals surface area contributed by atoms with E-state index in [2.05, 4.69) is 39.0 Å². The molecule has 0 radical (unpaired) electrons. The third-order valence-electron chi connectivity index (χ3n) is 5.87.